The fourth-order valence-electron chi connectivity index (χ4n) is 1.05. The second-order valence-corrected chi connectivity index (χ2v) is 3.51. The van der Waals surface area contributed by atoms with E-state index in [9.17, 15) is 9.59 Å². The molecule has 21 heavy (non-hydrogen) atoms. The van der Waals surface area contributed by atoms with Gasteiger partial charge < -0.3 is 29.3 Å². The average molecular weight is 380 g/mol. The molecule has 0 unspecified atom stereocenters. The van der Waals surface area contributed by atoms with Gasteiger partial charge in [-0.3, -0.25) is 9.59 Å². The van der Waals surface area contributed by atoms with Crippen LogP contribution in [-0.2, 0) is 34.3 Å². The standard InChI is InChI=1S/2C6H6O4.Mo/c2*7-2-4-1-5(8)6(9)3-10-4;/h2*1,3,7,9H,2H2;. The quantitative estimate of drug-likeness (QED) is 0.519. The SMILES string of the molecule is O=c1cc(CO)occ1O.O=c1cc(CO)occ1O.[Mo]. The monoisotopic (exact) mass is 382 g/mol. The number of hydrogen-bond acceptors (Lipinski definition) is 8. The summed E-state index contributed by atoms with van der Waals surface area (Å²) < 4.78 is 9.18. The third-order valence-corrected chi connectivity index (χ3v) is 2.04. The molecule has 8 nitrogen and oxygen atoms in total. The summed E-state index contributed by atoms with van der Waals surface area (Å²) in [6.45, 7) is -0.676. The van der Waals surface area contributed by atoms with Crippen LogP contribution < -0.4 is 10.9 Å². The first kappa shape index (κ1) is 19.1. The molecule has 0 aliphatic rings. The molecular weight excluding hydrogens is 368 g/mol. The molecule has 2 rings (SSSR count). The molecule has 0 aromatic carbocycles. The summed E-state index contributed by atoms with van der Waals surface area (Å²) >= 11 is 0. The van der Waals surface area contributed by atoms with E-state index in [1.165, 1.54) is 0 Å². The molecule has 2 heterocycles. The molecule has 9 heteroatoms. The van der Waals surface area contributed by atoms with Crippen LogP contribution in [0.5, 0.6) is 11.5 Å². The first-order valence-electron chi connectivity index (χ1n) is 5.31. The van der Waals surface area contributed by atoms with Crippen LogP contribution in [0, 0.1) is 0 Å². The number of aliphatic hydroxyl groups is 2. The Morgan fingerprint density at radius 1 is 0.810 bits per heavy atom. The molecule has 0 radical (unpaired) electrons. The van der Waals surface area contributed by atoms with Crippen LogP contribution in [0.15, 0.2) is 43.1 Å². The van der Waals surface area contributed by atoms with E-state index in [1.807, 2.05) is 0 Å². The second-order valence-electron chi connectivity index (χ2n) is 3.51. The smallest absolute Gasteiger partial charge is 0.226 e. The Kier molecular flexibility index (Phi) is 8.30. The molecule has 0 saturated heterocycles. The van der Waals surface area contributed by atoms with Crippen LogP contribution >= 0.6 is 0 Å². The minimum absolute atomic E-state index is 0. The Morgan fingerprint density at radius 3 is 1.38 bits per heavy atom. The van der Waals surface area contributed by atoms with Crippen LogP contribution in [0.3, 0.4) is 0 Å². The van der Waals surface area contributed by atoms with Crippen LogP contribution in [0.25, 0.3) is 0 Å². The van der Waals surface area contributed by atoms with E-state index in [4.69, 9.17) is 20.4 Å². The van der Waals surface area contributed by atoms with Gasteiger partial charge in [-0.25, -0.2) is 0 Å². The van der Waals surface area contributed by atoms with Crippen LogP contribution in [0.1, 0.15) is 11.5 Å². The molecule has 0 aliphatic heterocycles. The molecule has 0 fully saturated rings. The van der Waals surface area contributed by atoms with Gasteiger partial charge in [0.1, 0.15) is 37.3 Å². The topological polar surface area (TPSA) is 141 Å². The summed E-state index contributed by atoms with van der Waals surface area (Å²) in [6, 6.07) is 2.07. The Bertz CT molecular complexity index is 616. The van der Waals surface area contributed by atoms with Gasteiger partial charge in [-0.15, -0.1) is 0 Å². The number of rotatable bonds is 2. The molecule has 0 spiro atoms. The van der Waals surface area contributed by atoms with Gasteiger partial charge in [0.15, 0.2) is 11.5 Å². The summed E-state index contributed by atoms with van der Waals surface area (Å²) in [4.78, 5) is 21.2. The largest absolute Gasteiger partial charge is 0.502 e. The van der Waals surface area contributed by atoms with Gasteiger partial charge in [0.2, 0.25) is 10.9 Å². The summed E-state index contributed by atoms with van der Waals surface area (Å²) in [5.74, 6) is -0.611. The molecular formula is C12H12MoO8. The molecule has 0 amide bonds. The molecule has 2 aromatic rings. The average Bonchev–Trinajstić information content (AvgIpc) is 2.45. The summed E-state index contributed by atoms with van der Waals surface area (Å²) in [6.07, 6.45) is 1.79. The summed E-state index contributed by atoms with van der Waals surface area (Å²) in [5.41, 5.74) is -1.09. The van der Waals surface area contributed by atoms with Crippen molar-refractivity contribution < 1.29 is 50.3 Å². The van der Waals surface area contributed by atoms with Crippen molar-refractivity contribution in [3.8, 4) is 11.5 Å². The predicted octanol–water partition coefficient (Wildman–Crippen LogP) is -0.327. The normalized spacial score (nSPS) is 9.24. The maximum atomic E-state index is 10.6. The molecule has 0 aliphatic carbocycles. The van der Waals surface area contributed by atoms with E-state index in [2.05, 4.69) is 8.83 Å². The Morgan fingerprint density at radius 2 is 1.14 bits per heavy atom. The molecule has 4 N–H and O–H groups in total. The van der Waals surface area contributed by atoms with Gasteiger partial charge in [-0.05, 0) is 0 Å². The first-order valence-corrected chi connectivity index (χ1v) is 5.31. The van der Waals surface area contributed by atoms with Crippen molar-refractivity contribution in [1.29, 1.82) is 0 Å². The molecule has 0 saturated carbocycles. The van der Waals surface area contributed by atoms with Crippen molar-refractivity contribution in [2.75, 3.05) is 0 Å². The maximum absolute atomic E-state index is 10.6. The zero-order chi connectivity index (χ0) is 15.1. The van der Waals surface area contributed by atoms with Crippen molar-refractivity contribution in [2.24, 2.45) is 0 Å². The minimum atomic E-state index is -0.546. The Balaban J connectivity index is 0.000000364. The van der Waals surface area contributed by atoms with Crippen LogP contribution in [-0.4, -0.2) is 20.4 Å². The Labute approximate surface area is 132 Å². The van der Waals surface area contributed by atoms with Crippen molar-refractivity contribution in [3.63, 3.8) is 0 Å². The van der Waals surface area contributed by atoms with Crippen LogP contribution in [0.2, 0.25) is 0 Å². The number of hydrogen-bond donors (Lipinski definition) is 4. The van der Waals surface area contributed by atoms with E-state index >= 15 is 0 Å². The summed E-state index contributed by atoms with van der Waals surface area (Å²) in [7, 11) is 0. The van der Waals surface area contributed by atoms with Gasteiger partial charge in [-0.2, -0.15) is 0 Å². The van der Waals surface area contributed by atoms with E-state index in [1.54, 1.807) is 0 Å². The van der Waals surface area contributed by atoms with Crippen LogP contribution in [0.4, 0.5) is 0 Å². The number of aromatic hydroxyl groups is 2. The van der Waals surface area contributed by atoms with Gasteiger partial charge in [0.05, 0.1) is 0 Å². The minimum Gasteiger partial charge on any atom is -0.502 e. The van der Waals surface area contributed by atoms with E-state index in [0.717, 1.165) is 24.7 Å². The van der Waals surface area contributed by atoms with Gasteiger partial charge >= 0.3 is 0 Å². The van der Waals surface area contributed by atoms with E-state index in [0.29, 0.717) is 0 Å². The third kappa shape index (κ3) is 5.95. The molecule has 114 valence electrons. The van der Waals surface area contributed by atoms with Gasteiger partial charge in [0.25, 0.3) is 0 Å². The van der Waals surface area contributed by atoms with Crippen molar-refractivity contribution in [1.82, 2.24) is 0 Å². The fourth-order valence-corrected chi connectivity index (χ4v) is 1.05. The van der Waals surface area contributed by atoms with Crippen molar-refractivity contribution in [2.45, 2.75) is 13.2 Å². The van der Waals surface area contributed by atoms with Crippen molar-refractivity contribution >= 4 is 0 Å². The van der Waals surface area contributed by atoms with Gasteiger partial charge in [-0.1, -0.05) is 0 Å². The van der Waals surface area contributed by atoms with E-state index < -0.39 is 22.4 Å². The fraction of sp³-hybridized carbons (Fsp3) is 0.167. The predicted molar refractivity (Wildman–Crippen MR) is 65.1 cm³/mol. The summed E-state index contributed by atoms with van der Waals surface area (Å²) in [5, 5.41) is 34.2. The number of aliphatic hydroxyl groups excluding tert-OH is 2. The third-order valence-electron chi connectivity index (χ3n) is 2.04. The molecule has 2 aromatic heterocycles. The zero-order valence-corrected chi connectivity index (χ0v) is 12.6. The maximum Gasteiger partial charge on any atom is 0.226 e. The molecule has 0 atom stereocenters. The zero-order valence-electron chi connectivity index (χ0n) is 10.6. The van der Waals surface area contributed by atoms with Crippen molar-refractivity contribution in [3.05, 3.63) is 56.6 Å². The first-order chi connectivity index (χ1) is 9.47. The Hall–Kier alpha value is -1.89. The second kappa shape index (κ2) is 9.12. The van der Waals surface area contributed by atoms with E-state index in [-0.39, 0.29) is 45.8 Å². The van der Waals surface area contributed by atoms with Gasteiger partial charge in [0, 0.05) is 33.2 Å². The molecule has 0 bridgehead atoms.